The van der Waals surface area contributed by atoms with E-state index in [1.165, 1.54) is 5.69 Å². The number of hydrogen-bond donors (Lipinski definition) is 0. The molecule has 1 rings (SSSR count). The summed E-state index contributed by atoms with van der Waals surface area (Å²) >= 11 is 6.25. The van der Waals surface area contributed by atoms with Crippen molar-refractivity contribution in [3.05, 3.63) is 30.3 Å². The molecule has 0 bridgehead atoms. The Bertz CT molecular complexity index is 192. The SMILES string of the molecule is CN(C)c1cc[c]cc1.[Br][Zn][Br]. The Morgan fingerprint density at radius 3 is 1.92 bits per heavy atom. The third kappa shape index (κ3) is 6.16. The van der Waals surface area contributed by atoms with Crippen molar-refractivity contribution in [3.8, 4) is 0 Å². The van der Waals surface area contributed by atoms with Crippen LogP contribution >= 0.6 is 27.2 Å². The number of rotatable bonds is 1. The van der Waals surface area contributed by atoms with Gasteiger partial charge in [-0.15, -0.1) is 0 Å². The summed E-state index contributed by atoms with van der Waals surface area (Å²) in [4.78, 5) is 2.06. The molecule has 0 N–H and O–H groups in total. The Labute approximate surface area is 94.8 Å². The standard InChI is InChI=1S/C8H10N.2BrH.Zn/c1-9(2)8-6-4-3-5-7-8;;;/h4-7H,1-2H3;2*1H;/q;;;+2/p-2. The van der Waals surface area contributed by atoms with Crippen molar-refractivity contribution < 1.29 is 13.2 Å². The second-order valence-electron chi connectivity index (χ2n) is 2.25. The van der Waals surface area contributed by atoms with Crippen molar-refractivity contribution in [1.29, 1.82) is 0 Å². The van der Waals surface area contributed by atoms with E-state index < -0.39 is 0 Å². The molecule has 0 spiro atoms. The zero-order chi connectivity index (χ0) is 9.40. The molecule has 0 aliphatic heterocycles. The summed E-state index contributed by atoms with van der Waals surface area (Å²) in [5.74, 6) is 0. The van der Waals surface area contributed by atoms with Gasteiger partial charge in [0.2, 0.25) is 0 Å². The minimum absolute atomic E-state index is 0.250. The molecule has 0 aliphatic rings. The number of hydrogen-bond acceptors (Lipinski definition) is 1. The molecule has 0 saturated carbocycles. The van der Waals surface area contributed by atoms with Crippen LogP contribution in [0.25, 0.3) is 0 Å². The van der Waals surface area contributed by atoms with Gasteiger partial charge >= 0.3 is 40.5 Å². The van der Waals surface area contributed by atoms with Crippen molar-refractivity contribution in [2.45, 2.75) is 0 Å². The second kappa shape index (κ2) is 8.21. The molecule has 1 nitrogen and oxygen atoms in total. The van der Waals surface area contributed by atoms with Gasteiger partial charge in [0.25, 0.3) is 0 Å². The summed E-state index contributed by atoms with van der Waals surface area (Å²) in [6.07, 6.45) is 0. The van der Waals surface area contributed by atoms with E-state index >= 15 is 0 Å². The molecule has 1 aromatic rings. The number of nitrogens with zero attached hydrogens (tertiary/aromatic N) is 1. The molecule has 0 atom stereocenters. The van der Waals surface area contributed by atoms with Gasteiger partial charge in [-0.05, 0) is 18.2 Å². The van der Waals surface area contributed by atoms with E-state index in [4.69, 9.17) is 0 Å². The van der Waals surface area contributed by atoms with Gasteiger partial charge in [0.15, 0.2) is 0 Å². The summed E-state index contributed by atoms with van der Waals surface area (Å²) in [5, 5.41) is 0. The Morgan fingerprint density at radius 1 is 1.25 bits per heavy atom. The molecule has 0 fully saturated rings. The predicted molar refractivity (Wildman–Crippen MR) is 57.5 cm³/mol. The number of halogens is 2. The third-order valence-electron chi connectivity index (χ3n) is 1.22. The van der Waals surface area contributed by atoms with E-state index in [0.29, 0.717) is 0 Å². The molecule has 0 aromatic heterocycles. The van der Waals surface area contributed by atoms with Crippen molar-refractivity contribution in [2.24, 2.45) is 0 Å². The van der Waals surface area contributed by atoms with Gasteiger partial charge in [-0.25, -0.2) is 0 Å². The Kier molecular flexibility index (Phi) is 8.63. The van der Waals surface area contributed by atoms with Crippen molar-refractivity contribution in [2.75, 3.05) is 19.0 Å². The molecule has 1 aromatic carbocycles. The quantitative estimate of drug-likeness (QED) is 0.707. The van der Waals surface area contributed by atoms with E-state index in [9.17, 15) is 0 Å². The van der Waals surface area contributed by atoms with Crippen LogP contribution in [0.15, 0.2) is 24.3 Å². The Balaban J connectivity index is 0.000000354. The number of benzene rings is 1. The van der Waals surface area contributed by atoms with Crippen LogP contribution in [-0.4, -0.2) is 14.1 Å². The molecule has 1 radical (unpaired) electrons. The van der Waals surface area contributed by atoms with Gasteiger partial charge in [0, 0.05) is 19.8 Å². The fourth-order valence-electron chi connectivity index (χ4n) is 0.676. The molecule has 0 aliphatic carbocycles. The molecule has 0 heterocycles. The van der Waals surface area contributed by atoms with Crippen LogP contribution in [0.2, 0.25) is 0 Å². The summed E-state index contributed by atoms with van der Waals surface area (Å²) < 4.78 is 0. The predicted octanol–water partition coefficient (Wildman–Crippen LogP) is 3.24. The van der Waals surface area contributed by atoms with Crippen LogP contribution in [0.4, 0.5) is 5.69 Å². The van der Waals surface area contributed by atoms with Crippen molar-refractivity contribution >= 4 is 32.9 Å². The fraction of sp³-hybridized carbons (Fsp3) is 0.250. The summed E-state index contributed by atoms with van der Waals surface area (Å²) in [5.41, 5.74) is 1.22. The van der Waals surface area contributed by atoms with E-state index in [0.717, 1.165) is 0 Å². The zero-order valence-electron chi connectivity index (χ0n) is 7.22. The van der Waals surface area contributed by atoms with Gasteiger partial charge in [-0.2, -0.15) is 0 Å². The first-order valence-corrected chi connectivity index (χ1v) is 17.4. The second-order valence-corrected chi connectivity index (χ2v) is 16.3. The molecule has 63 valence electrons. The molecule has 12 heavy (non-hydrogen) atoms. The summed E-state index contributed by atoms with van der Waals surface area (Å²) in [6.45, 7) is 0. The fourth-order valence-corrected chi connectivity index (χ4v) is 0.676. The maximum atomic E-state index is 3.25. The van der Waals surface area contributed by atoms with Gasteiger partial charge in [0.05, 0.1) is 0 Å². The molecule has 0 saturated heterocycles. The molecule has 0 amide bonds. The average Bonchev–Trinajstić information content (AvgIpc) is 2.07. The van der Waals surface area contributed by atoms with Crippen LogP contribution in [0.5, 0.6) is 0 Å². The first-order chi connectivity index (χ1) is 5.72. The molecule has 0 unspecified atom stereocenters. The first-order valence-electron chi connectivity index (χ1n) is 3.47. The van der Waals surface area contributed by atoms with E-state index in [-0.39, 0.29) is 13.2 Å². The van der Waals surface area contributed by atoms with Gasteiger partial charge in [-0.1, -0.05) is 12.1 Å². The normalized spacial score (nSPS) is 7.67. The molecular weight excluding hydrogens is 335 g/mol. The van der Waals surface area contributed by atoms with Crippen molar-refractivity contribution in [3.63, 3.8) is 0 Å². The van der Waals surface area contributed by atoms with Crippen LogP contribution in [0.1, 0.15) is 0 Å². The summed E-state index contributed by atoms with van der Waals surface area (Å²) in [7, 11) is 4.05. The third-order valence-corrected chi connectivity index (χ3v) is 1.22. The monoisotopic (exact) mass is 342 g/mol. The van der Waals surface area contributed by atoms with Crippen LogP contribution < -0.4 is 4.90 Å². The van der Waals surface area contributed by atoms with Crippen LogP contribution in [-0.2, 0) is 13.2 Å². The van der Waals surface area contributed by atoms with Gasteiger partial charge < -0.3 is 4.90 Å². The molecular formula is C8H10Br2NZn. The minimum atomic E-state index is -0.250. The van der Waals surface area contributed by atoms with Crippen molar-refractivity contribution in [1.82, 2.24) is 0 Å². The topological polar surface area (TPSA) is 3.24 Å². The van der Waals surface area contributed by atoms with Crippen LogP contribution in [0.3, 0.4) is 0 Å². The van der Waals surface area contributed by atoms with Gasteiger partial charge in [0.1, 0.15) is 0 Å². The maximum absolute atomic E-state index is 3.25. The average molecular weight is 345 g/mol. The van der Waals surface area contributed by atoms with E-state index in [1.807, 2.05) is 38.4 Å². The van der Waals surface area contributed by atoms with Gasteiger partial charge in [-0.3, -0.25) is 0 Å². The Hall–Kier alpha value is 0.603. The molecule has 4 heteroatoms. The number of anilines is 1. The Morgan fingerprint density at radius 2 is 1.67 bits per heavy atom. The van der Waals surface area contributed by atoms with E-state index in [1.54, 1.807) is 0 Å². The van der Waals surface area contributed by atoms with E-state index in [2.05, 4.69) is 38.2 Å². The summed E-state index contributed by atoms with van der Waals surface area (Å²) in [6, 6.07) is 10.8. The zero-order valence-corrected chi connectivity index (χ0v) is 13.4. The van der Waals surface area contributed by atoms with Crippen LogP contribution in [0, 0.1) is 6.07 Å². The first kappa shape index (κ1) is 12.6.